The van der Waals surface area contributed by atoms with Crippen molar-refractivity contribution in [1.29, 1.82) is 0 Å². The summed E-state index contributed by atoms with van der Waals surface area (Å²) in [4.78, 5) is 21.2. The minimum Gasteiger partial charge on any atom is -0.480 e. The summed E-state index contributed by atoms with van der Waals surface area (Å²) in [5.74, 6) is 0.323. The number of ether oxygens (including phenoxy) is 1. The molecule has 0 saturated heterocycles. The Balaban J connectivity index is 1.66. The van der Waals surface area contributed by atoms with Crippen molar-refractivity contribution in [2.75, 3.05) is 7.11 Å². The average molecular weight is 424 g/mol. The zero-order valence-corrected chi connectivity index (χ0v) is 17.3. The molecule has 0 aromatic carbocycles. The summed E-state index contributed by atoms with van der Waals surface area (Å²) in [5.41, 5.74) is 4.16. The molecule has 9 nitrogen and oxygen atoms in total. The zero-order valence-electron chi connectivity index (χ0n) is 16.6. The molecule has 0 fully saturated rings. The van der Waals surface area contributed by atoms with Gasteiger partial charge in [0.25, 0.3) is 5.56 Å². The molecule has 0 spiro atoms. The average Bonchev–Trinajstić information content (AvgIpc) is 3.10. The molecule has 0 aliphatic heterocycles. The Morgan fingerprint density at radius 1 is 1.07 bits per heavy atom. The van der Waals surface area contributed by atoms with Gasteiger partial charge in [-0.1, -0.05) is 16.8 Å². The van der Waals surface area contributed by atoms with Gasteiger partial charge in [0.1, 0.15) is 10.7 Å². The molecule has 0 bridgehead atoms. The van der Waals surface area contributed by atoms with E-state index >= 15 is 0 Å². The monoisotopic (exact) mass is 423 g/mol. The van der Waals surface area contributed by atoms with E-state index in [2.05, 4.69) is 25.4 Å². The Morgan fingerprint density at radius 3 is 2.50 bits per heavy atom. The SMILES string of the molecule is COc1ncc(-c2cnn(Cc3c(-c4ccc(C)nc4)nnn3C)c(=O)c2)cc1Cl. The lowest BCUT2D eigenvalue weighted by Crippen LogP contribution is -2.24. The van der Waals surface area contributed by atoms with Gasteiger partial charge in [0.2, 0.25) is 5.88 Å². The van der Waals surface area contributed by atoms with Gasteiger partial charge in [-0.15, -0.1) is 5.10 Å². The van der Waals surface area contributed by atoms with Crippen molar-refractivity contribution in [2.45, 2.75) is 13.5 Å². The van der Waals surface area contributed by atoms with Crippen LogP contribution in [0.25, 0.3) is 22.4 Å². The molecule has 0 N–H and O–H groups in total. The first-order chi connectivity index (χ1) is 14.5. The first-order valence-corrected chi connectivity index (χ1v) is 9.42. The number of aryl methyl sites for hydroxylation is 2. The van der Waals surface area contributed by atoms with Gasteiger partial charge in [-0.05, 0) is 25.1 Å². The Hall–Kier alpha value is -3.59. The third-order valence-electron chi connectivity index (χ3n) is 4.63. The lowest BCUT2D eigenvalue weighted by molar-refractivity contribution is 0.398. The van der Waals surface area contributed by atoms with Gasteiger partial charge in [-0.2, -0.15) is 5.10 Å². The van der Waals surface area contributed by atoms with E-state index in [9.17, 15) is 4.79 Å². The summed E-state index contributed by atoms with van der Waals surface area (Å²) in [6.07, 6.45) is 4.92. The first kappa shape index (κ1) is 19.7. The molecule has 0 amide bonds. The van der Waals surface area contributed by atoms with E-state index in [-0.39, 0.29) is 12.1 Å². The number of rotatable bonds is 5. The van der Waals surface area contributed by atoms with Crippen molar-refractivity contribution < 1.29 is 4.74 Å². The molecule has 0 unspecified atom stereocenters. The van der Waals surface area contributed by atoms with E-state index in [0.717, 1.165) is 17.0 Å². The lowest BCUT2D eigenvalue weighted by Gasteiger charge is -2.09. The molecule has 152 valence electrons. The van der Waals surface area contributed by atoms with Gasteiger partial charge < -0.3 is 4.74 Å². The number of hydrogen-bond acceptors (Lipinski definition) is 7. The van der Waals surface area contributed by atoms with Gasteiger partial charge in [-0.25, -0.2) is 14.3 Å². The molecule has 10 heteroatoms. The predicted octanol–water partition coefficient (Wildman–Crippen LogP) is 2.51. The third kappa shape index (κ3) is 3.79. The highest BCUT2D eigenvalue weighted by atomic mass is 35.5. The molecule has 0 atom stereocenters. The van der Waals surface area contributed by atoms with Crippen LogP contribution in [-0.2, 0) is 13.6 Å². The fourth-order valence-corrected chi connectivity index (χ4v) is 3.22. The number of halogens is 1. The highest BCUT2D eigenvalue weighted by Gasteiger charge is 2.15. The largest absolute Gasteiger partial charge is 0.480 e. The molecule has 4 aromatic rings. The lowest BCUT2D eigenvalue weighted by atomic mass is 10.1. The molecule has 4 aromatic heterocycles. The highest BCUT2D eigenvalue weighted by molar-refractivity contribution is 6.32. The summed E-state index contributed by atoms with van der Waals surface area (Å²) >= 11 is 6.14. The standard InChI is InChI=1S/C20H18ClN7O2/c1-12-4-5-13(8-22-12)19-17(27(2)26-25-19)11-28-18(29)7-15(10-24-28)14-6-16(21)20(30-3)23-9-14/h4-10H,11H2,1-3H3. The van der Waals surface area contributed by atoms with Crippen molar-refractivity contribution in [3.8, 4) is 28.3 Å². The quantitative estimate of drug-likeness (QED) is 0.486. The molecule has 4 rings (SSSR count). The van der Waals surface area contributed by atoms with E-state index in [4.69, 9.17) is 16.3 Å². The Bertz CT molecular complexity index is 1270. The Labute approximate surface area is 176 Å². The van der Waals surface area contributed by atoms with E-state index < -0.39 is 0 Å². The smallest absolute Gasteiger partial charge is 0.267 e. The van der Waals surface area contributed by atoms with Crippen LogP contribution < -0.4 is 10.3 Å². The van der Waals surface area contributed by atoms with E-state index in [0.29, 0.717) is 27.7 Å². The Morgan fingerprint density at radius 2 is 1.83 bits per heavy atom. The second-order valence-electron chi connectivity index (χ2n) is 6.65. The summed E-state index contributed by atoms with van der Waals surface area (Å²) < 4.78 is 8.04. The first-order valence-electron chi connectivity index (χ1n) is 9.05. The molecule has 4 heterocycles. The van der Waals surface area contributed by atoms with Gasteiger partial charge in [0.15, 0.2) is 0 Å². The summed E-state index contributed by atoms with van der Waals surface area (Å²) in [7, 11) is 3.27. The minimum atomic E-state index is -0.270. The van der Waals surface area contributed by atoms with Crippen LogP contribution in [0.15, 0.2) is 47.7 Å². The van der Waals surface area contributed by atoms with Crippen LogP contribution in [0.3, 0.4) is 0 Å². The molecular formula is C20H18ClN7O2. The van der Waals surface area contributed by atoms with Crippen LogP contribution in [0.4, 0.5) is 0 Å². The normalized spacial score (nSPS) is 10.9. The van der Waals surface area contributed by atoms with Crippen molar-refractivity contribution in [1.82, 2.24) is 34.7 Å². The topological polar surface area (TPSA) is 101 Å². The number of pyridine rings is 2. The number of nitrogens with zero attached hydrogens (tertiary/aromatic N) is 7. The van der Waals surface area contributed by atoms with Crippen LogP contribution >= 0.6 is 11.6 Å². The fraction of sp³-hybridized carbons (Fsp3) is 0.200. The van der Waals surface area contributed by atoms with Crippen LogP contribution in [0.1, 0.15) is 11.4 Å². The van der Waals surface area contributed by atoms with Crippen molar-refractivity contribution in [2.24, 2.45) is 7.05 Å². The summed E-state index contributed by atoms with van der Waals surface area (Å²) in [5, 5.41) is 13.0. The second-order valence-corrected chi connectivity index (χ2v) is 7.06. The fourth-order valence-electron chi connectivity index (χ4n) is 2.97. The van der Waals surface area contributed by atoms with Gasteiger partial charge >= 0.3 is 0 Å². The van der Waals surface area contributed by atoms with Crippen LogP contribution in [-0.4, -0.2) is 41.9 Å². The third-order valence-corrected chi connectivity index (χ3v) is 4.90. The summed E-state index contributed by atoms with van der Waals surface area (Å²) in [6, 6.07) is 7.00. The predicted molar refractivity (Wildman–Crippen MR) is 111 cm³/mol. The van der Waals surface area contributed by atoms with E-state index in [1.165, 1.54) is 17.9 Å². The van der Waals surface area contributed by atoms with Crippen LogP contribution in [0, 0.1) is 6.92 Å². The van der Waals surface area contributed by atoms with Crippen molar-refractivity contribution in [3.63, 3.8) is 0 Å². The maximum absolute atomic E-state index is 12.7. The number of hydrogen-bond donors (Lipinski definition) is 0. The Kier molecular flexibility index (Phi) is 5.28. The van der Waals surface area contributed by atoms with Gasteiger partial charge in [0.05, 0.1) is 25.5 Å². The van der Waals surface area contributed by atoms with Gasteiger partial charge in [0, 0.05) is 47.9 Å². The molecule has 0 radical (unpaired) electrons. The summed E-state index contributed by atoms with van der Waals surface area (Å²) in [6.45, 7) is 2.13. The molecule has 0 aliphatic carbocycles. The minimum absolute atomic E-state index is 0.216. The van der Waals surface area contributed by atoms with Crippen molar-refractivity contribution in [3.05, 3.63) is 69.6 Å². The van der Waals surface area contributed by atoms with Gasteiger partial charge in [-0.3, -0.25) is 9.78 Å². The highest BCUT2D eigenvalue weighted by Crippen LogP contribution is 2.27. The number of methoxy groups -OCH3 is 1. The number of aromatic nitrogens is 7. The van der Waals surface area contributed by atoms with E-state index in [1.54, 1.807) is 36.4 Å². The maximum Gasteiger partial charge on any atom is 0.267 e. The molecule has 0 saturated carbocycles. The molecule has 30 heavy (non-hydrogen) atoms. The van der Waals surface area contributed by atoms with Crippen LogP contribution in [0.2, 0.25) is 5.02 Å². The molecular weight excluding hydrogens is 406 g/mol. The van der Waals surface area contributed by atoms with Crippen molar-refractivity contribution >= 4 is 11.6 Å². The molecule has 0 aliphatic rings. The zero-order chi connectivity index (χ0) is 21.3. The second kappa shape index (κ2) is 8.03. The van der Waals surface area contributed by atoms with Crippen LogP contribution in [0.5, 0.6) is 5.88 Å². The van der Waals surface area contributed by atoms with E-state index in [1.807, 2.05) is 19.1 Å². The maximum atomic E-state index is 12.7.